The molecule has 0 radical (unpaired) electrons. The van der Waals surface area contributed by atoms with Crippen LogP contribution in [-0.4, -0.2) is 70.9 Å². The summed E-state index contributed by atoms with van der Waals surface area (Å²) in [6.45, 7) is 1.76. The van der Waals surface area contributed by atoms with Gasteiger partial charge in [0.05, 0.1) is 32.3 Å². The molecule has 0 saturated carbocycles. The number of hydrogen-bond acceptors (Lipinski definition) is 11. The Kier molecular flexibility index (Phi) is 21.7. The van der Waals surface area contributed by atoms with Crippen molar-refractivity contribution in [2.45, 2.75) is 146 Å². The van der Waals surface area contributed by atoms with Crippen molar-refractivity contribution in [1.29, 1.82) is 0 Å². The summed E-state index contributed by atoms with van der Waals surface area (Å²) >= 11 is 6.04. The number of aromatic nitrogens is 2. The molecule has 53 heavy (non-hydrogen) atoms. The number of nitrogens with zero attached hydrogens (tertiary/aromatic N) is 2. The molecular weight excluding hydrogens is 728 g/mol. The van der Waals surface area contributed by atoms with Gasteiger partial charge >= 0.3 is 5.69 Å². The van der Waals surface area contributed by atoms with Crippen LogP contribution in [0, 0.1) is 0 Å². The van der Waals surface area contributed by atoms with Gasteiger partial charge in [0.2, 0.25) is 0 Å². The number of halogens is 2. The lowest BCUT2D eigenvalue weighted by Gasteiger charge is -2.33. The lowest BCUT2D eigenvalue weighted by atomic mass is 9.99. The Morgan fingerprint density at radius 2 is 1.55 bits per heavy atom. The number of hydrogen-bond donors (Lipinski definition) is 2. The number of benzene rings is 1. The van der Waals surface area contributed by atoms with Crippen molar-refractivity contribution in [3.05, 3.63) is 58.6 Å². The maximum Gasteiger partial charge on any atom is 0.351 e. The van der Waals surface area contributed by atoms with Gasteiger partial charge < -0.3 is 39.0 Å². The Morgan fingerprint density at radius 1 is 0.962 bits per heavy atom. The number of alkyl halides is 2. The molecule has 1 saturated heterocycles. The average Bonchev–Trinajstić information content (AvgIpc) is 3.40. The molecule has 15 heteroatoms. The number of anilines is 1. The molecular formula is C38H61ClFN3O9P-. The van der Waals surface area contributed by atoms with E-state index in [1.165, 1.54) is 89.5 Å². The Balaban J connectivity index is 1.36. The van der Waals surface area contributed by atoms with Crippen LogP contribution in [0.5, 0.6) is 0 Å². The number of phosphoric ester groups is 1. The molecule has 1 aromatic heterocycles. The number of nitrogens with two attached hydrogens (primary N) is 1. The monoisotopic (exact) mass is 788 g/mol. The minimum atomic E-state index is -5.04. The second kappa shape index (κ2) is 25.3. The summed E-state index contributed by atoms with van der Waals surface area (Å²) in [5.41, 5.74) is 3.45. The normalized spacial score (nSPS) is 21.9. The maximum atomic E-state index is 15.2. The van der Waals surface area contributed by atoms with E-state index in [1.807, 2.05) is 30.3 Å². The SMILES string of the molecule is CCCCCCCCCCCCCCCCCCOC[C@@H](COP(=O)([O-])OC[C@@]1(CCl)O[C@@H](n2ccc(N)nc2=O)[C@H](F)[C@@H]1O)OCc1ccccc1. The number of unbranched alkanes of at least 4 members (excludes halogenated alkanes) is 15. The van der Waals surface area contributed by atoms with Crippen LogP contribution in [0.2, 0.25) is 0 Å². The van der Waals surface area contributed by atoms with Crippen LogP contribution < -0.4 is 16.3 Å². The van der Waals surface area contributed by atoms with E-state index in [2.05, 4.69) is 11.9 Å². The first-order valence-corrected chi connectivity index (χ1v) is 21.3. The van der Waals surface area contributed by atoms with Gasteiger partial charge in [-0.3, -0.25) is 9.13 Å². The fourth-order valence-electron chi connectivity index (χ4n) is 6.22. The van der Waals surface area contributed by atoms with Crippen molar-refractivity contribution >= 4 is 25.2 Å². The highest BCUT2D eigenvalue weighted by atomic mass is 35.5. The Bertz CT molecular complexity index is 1380. The molecule has 6 atom stereocenters. The fourth-order valence-corrected chi connectivity index (χ4v) is 7.32. The standard InChI is InChI=1S/C38H62ClFN3O9P/c1-2-3-4-5-6-7-8-9-10-11-12-13-14-15-16-20-25-48-27-32(49-26-31-21-18-17-19-22-31)28-50-53(46,47)51-30-38(29-39)35(44)34(40)36(52-38)43-24-23-33(41)42-37(43)45/h17-19,21-24,32,34-36,44H,2-16,20,25-30H2,1H3,(H,46,47)(H2,41,42,45)/p-1/t32-,34+,35-,36+,38+/m0/s1. The van der Waals surface area contributed by atoms with Crippen molar-refractivity contribution in [1.82, 2.24) is 9.55 Å². The average molecular weight is 789 g/mol. The van der Waals surface area contributed by atoms with Gasteiger partial charge in [0.25, 0.3) is 7.82 Å². The molecule has 302 valence electrons. The highest BCUT2D eigenvalue weighted by Gasteiger charge is 2.56. The third-order valence-corrected chi connectivity index (χ3v) is 10.8. The molecule has 1 aliphatic rings. The zero-order chi connectivity index (χ0) is 38.4. The molecule has 2 heterocycles. The highest BCUT2D eigenvalue weighted by molar-refractivity contribution is 7.45. The number of phosphoric acid groups is 1. The third kappa shape index (κ3) is 16.8. The molecule has 2 aromatic rings. The van der Waals surface area contributed by atoms with E-state index in [9.17, 15) is 19.4 Å². The van der Waals surface area contributed by atoms with Crippen molar-refractivity contribution < 1.29 is 42.2 Å². The van der Waals surface area contributed by atoms with E-state index in [4.69, 9.17) is 40.6 Å². The largest absolute Gasteiger partial charge is 0.756 e. The van der Waals surface area contributed by atoms with E-state index in [1.54, 1.807) is 0 Å². The van der Waals surface area contributed by atoms with E-state index >= 15 is 4.39 Å². The van der Waals surface area contributed by atoms with Gasteiger partial charge in [-0.05, 0) is 18.1 Å². The van der Waals surface area contributed by atoms with Crippen molar-refractivity contribution in [3.63, 3.8) is 0 Å². The maximum absolute atomic E-state index is 15.2. The zero-order valence-corrected chi connectivity index (χ0v) is 32.9. The van der Waals surface area contributed by atoms with Gasteiger partial charge in [0.1, 0.15) is 23.6 Å². The van der Waals surface area contributed by atoms with Gasteiger partial charge in [0, 0.05) is 12.8 Å². The molecule has 3 rings (SSSR count). The summed E-state index contributed by atoms with van der Waals surface area (Å²) in [7, 11) is -5.04. The zero-order valence-electron chi connectivity index (χ0n) is 31.3. The Hall–Kier alpha value is -1.93. The first-order valence-electron chi connectivity index (χ1n) is 19.3. The number of aliphatic hydroxyl groups excluding tert-OH is 1. The van der Waals surface area contributed by atoms with Crippen molar-refractivity contribution in [3.8, 4) is 0 Å². The minimum Gasteiger partial charge on any atom is -0.756 e. The molecule has 12 nitrogen and oxygen atoms in total. The number of rotatable bonds is 30. The molecule has 0 amide bonds. The van der Waals surface area contributed by atoms with E-state index in [0.717, 1.165) is 35.6 Å². The van der Waals surface area contributed by atoms with Gasteiger partial charge in [-0.2, -0.15) is 4.98 Å². The fraction of sp³-hybridized carbons (Fsp3) is 0.737. The molecule has 0 bridgehead atoms. The lowest BCUT2D eigenvalue weighted by molar-refractivity contribution is -0.235. The molecule has 3 N–H and O–H groups in total. The first kappa shape index (κ1) is 45.5. The summed E-state index contributed by atoms with van der Waals surface area (Å²) in [6, 6.07) is 10.6. The van der Waals surface area contributed by atoms with Crippen molar-refractivity contribution in [2.75, 3.05) is 38.0 Å². The first-order chi connectivity index (χ1) is 25.6. The number of aliphatic hydroxyl groups is 1. The van der Waals surface area contributed by atoms with E-state index in [0.29, 0.717) is 6.61 Å². The third-order valence-electron chi connectivity index (χ3n) is 9.48. The summed E-state index contributed by atoms with van der Waals surface area (Å²) in [4.78, 5) is 28.6. The van der Waals surface area contributed by atoms with Gasteiger partial charge in [-0.25, -0.2) is 9.18 Å². The van der Waals surface area contributed by atoms with E-state index < -0.39 is 62.8 Å². The van der Waals surface area contributed by atoms with Crippen LogP contribution in [0.4, 0.5) is 10.2 Å². The van der Waals surface area contributed by atoms with Crippen LogP contribution >= 0.6 is 19.4 Å². The predicted octanol–water partition coefficient (Wildman–Crippen LogP) is 7.40. The number of nitrogen functional groups attached to an aromatic ring is 1. The van der Waals surface area contributed by atoms with Crippen molar-refractivity contribution in [2.24, 2.45) is 0 Å². The summed E-state index contributed by atoms with van der Waals surface area (Å²) in [6.07, 6.45) is 15.1. The molecule has 1 unspecified atom stereocenters. The van der Waals surface area contributed by atoms with Crippen LogP contribution in [0.25, 0.3) is 0 Å². The van der Waals surface area contributed by atoms with Gasteiger partial charge in [-0.15, -0.1) is 11.6 Å². The highest BCUT2D eigenvalue weighted by Crippen LogP contribution is 2.45. The lowest BCUT2D eigenvalue weighted by Crippen LogP contribution is -2.48. The second-order valence-corrected chi connectivity index (χ2v) is 15.6. The van der Waals surface area contributed by atoms with Gasteiger partial charge in [-0.1, -0.05) is 134 Å². The van der Waals surface area contributed by atoms with Gasteiger partial charge in [0.15, 0.2) is 12.4 Å². The van der Waals surface area contributed by atoms with Crippen LogP contribution in [-0.2, 0) is 34.4 Å². The quantitative estimate of drug-likeness (QED) is 0.0460. The predicted molar refractivity (Wildman–Crippen MR) is 202 cm³/mol. The smallest absolute Gasteiger partial charge is 0.351 e. The molecule has 0 spiro atoms. The summed E-state index contributed by atoms with van der Waals surface area (Å²) < 4.78 is 56.4. The van der Waals surface area contributed by atoms with Crippen LogP contribution in [0.15, 0.2) is 47.4 Å². The topological polar surface area (TPSA) is 167 Å². The minimum absolute atomic E-state index is 0.0896. The molecule has 1 fully saturated rings. The second-order valence-electron chi connectivity index (χ2n) is 14.0. The van der Waals surface area contributed by atoms with Crippen LogP contribution in [0.3, 0.4) is 0 Å². The Labute approximate surface area is 319 Å². The molecule has 1 aliphatic heterocycles. The van der Waals surface area contributed by atoms with E-state index in [-0.39, 0.29) is 19.0 Å². The Morgan fingerprint density at radius 3 is 2.11 bits per heavy atom. The molecule has 0 aliphatic carbocycles. The number of ether oxygens (including phenoxy) is 3. The summed E-state index contributed by atoms with van der Waals surface area (Å²) in [5, 5.41) is 10.7. The molecule has 1 aromatic carbocycles. The van der Waals surface area contributed by atoms with Crippen LogP contribution in [0.1, 0.15) is 121 Å². The summed E-state index contributed by atoms with van der Waals surface area (Å²) in [5.74, 6) is -0.647.